The highest BCUT2D eigenvalue weighted by molar-refractivity contribution is 9.10. The molecule has 26 heavy (non-hydrogen) atoms. The molecule has 2 aromatic rings. The monoisotopic (exact) mass is 469 g/mol. The van der Waals surface area contributed by atoms with Gasteiger partial charge >= 0.3 is 13.3 Å². The number of nitrogens with one attached hydrogen (secondary N) is 1. The number of hydrogen-bond donors (Lipinski definition) is 3. The molecule has 1 fully saturated rings. The maximum atomic E-state index is 14.1. The fourth-order valence-corrected chi connectivity index (χ4v) is 5.58. The number of benzene rings is 1. The van der Waals surface area contributed by atoms with Crippen LogP contribution in [-0.2, 0) is 15.0 Å². The van der Waals surface area contributed by atoms with Crippen LogP contribution in [0.15, 0.2) is 22.7 Å². The zero-order valence-electron chi connectivity index (χ0n) is 13.2. The van der Waals surface area contributed by atoms with E-state index in [0.717, 1.165) is 12.8 Å². The van der Waals surface area contributed by atoms with Crippen molar-refractivity contribution >= 4 is 50.9 Å². The topological polar surface area (TPSA) is 95.9 Å². The fourth-order valence-electron chi connectivity index (χ4n) is 2.66. The number of fused-ring (bicyclic) bond motifs is 1. The minimum atomic E-state index is -5.67. The van der Waals surface area contributed by atoms with Crippen molar-refractivity contribution in [2.24, 2.45) is 0 Å². The molecule has 0 spiro atoms. The van der Waals surface area contributed by atoms with Gasteiger partial charge < -0.3 is 19.8 Å². The second kappa shape index (κ2) is 7.26. The Bertz CT molecular complexity index is 894. The molecule has 1 saturated heterocycles. The van der Waals surface area contributed by atoms with Crippen LogP contribution in [-0.4, -0.2) is 34.9 Å². The summed E-state index contributed by atoms with van der Waals surface area (Å²) in [5.41, 5.74) is -4.04. The largest absolute Gasteiger partial charge is 0.400 e. The van der Waals surface area contributed by atoms with Crippen LogP contribution in [0, 0.1) is 0 Å². The van der Waals surface area contributed by atoms with Crippen LogP contribution < -0.4 is 5.32 Å². The van der Waals surface area contributed by atoms with Gasteiger partial charge in [-0.1, -0.05) is 0 Å². The van der Waals surface area contributed by atoms with Gasteiger partial charge in [0.15, 0.2) is 0 Å². The maximum absolute atomic E-state index is 14.1. The summed E-state index contributed by atoms with van der Waals surface area (Å²) in [4.78, 5) is 29.5. The number of amides is 1. The highest BCUT2D eigenvalue weighted by Gasteiger charge is 2.53. The summed E-state index contributed by atoms with van der Waals surface area (Å²) in [6, 6.07) is 4.29. The maximum Gasteiger partial charge on any atom is 0.400 e. The second-order valence-electron chi connectivity index (χ2n) is 5.93. The molecular formula is C15H15BrF2NO5PS. The third-order valence-electron chi connectivity index (χ3n) is 4.02. The molecule has 1 amide bonds. The molecule has 1 atom stereocenters. The lowest BCUT2D eigenvalue weighted by Crippen LogP contribution is -2.40. The van der Waals surface area contributed by atoms with Crippen LogP contribution >= 0.6 is 34.9 Å². The first-order valence-electron chi connectivity index (χ1n) is 7.66. The first-order chi connectivity index (χ1) is 12.1. The highest BCUT2D eigenvalue weighted by atomic mass is 79.9. The summed E-state index contributed by atoms with van der Waals surface area (Å²) < 4.78 is 44.8. The lowest BCUT2D eigenvalue weighted by atomic mass is 10.1. The molecular weight excluding hydrogens is 455 g/mol. The molecule has 1 aliphatic heterocycles. The van der Waals surface area contributed by atoms with Crippen molar-refractivity contribution in [2.45, 2.75) is 24.5 Å². The van der Waals surface area contributed by atoms with E-state index in [2.05, 4.69) is 21.2 Å². The molecule has 1 unspecified atom stereocenters. The van der Waals surface area contributed by atoms with Gasteiger partial charge in [0.1, 0.15) is 4.88 Å². The average Bonchev–Trinajstić information content (AvgIpc) is 2.92. The Morgan fingerprint density at radius 1 is 1.42 bits per heavy atom. The predicted octanol–water partition coefficient (Wildman–Crippen LogP) is 3.80. The van der Waals surface area contributed by atoms with E-state index in [9.17, 15) is 18.1 Å². The Morgan fingerprint density at radius 3 is 2.77 bits per heavy atom. The third-order valence-corrected chi connectivity index (χ3v) is 7.46. The van der Waals surface area contributed by atoms with Crippen molar-refractivity contribution in [3.8, 4) is 0 Å². The smallest absolute Gasteiger partial charge is 0.379 e. The second-order valence-corrected chi connectivity index (χ2v) is 9.42. The van der Waals surface area contributed by atoms with Crippen LogP contribution in [0.1, 0.15) is 28.1 Å². The summed E-state index contributed by atoms with van der Waals surface area (Å²) >= 11 is 3.57. The van der Waals surface area contributed by atoms with E-state index in [4.69, 9.17) is 14.5 Å². The zero-order chi connectivity index (χ0) is 19.1. The number of rotatable bonds is 4. The number of carbonyl (C=O) groups excluding carboxylic acids is 1. The van der Waals surface area contributed by atoms with Crippen molar-refractivity contribution in [2.75, 3.05) is 13.2 Å². The molecule has 6 nitrogen and oxygen atoms in total. The zero-order valence-corrected chi connectivity index (χ0v) is 16.5. The Balaban J connectivity index is 1.93. The standard InChI is InChI=1S/C15H15BrF2NO5PS/c16-12-10-6-8(14(20)19-9-2-1-5-24-7-9)3-4-11(10)26-13(12)15(17,18)25(21,22)23/h3-4,6,9H,1-2,5,7H2,(H,19,20)(H2,21,22,23). The number of hydrogen-bond acceptors (Lipinski definition) is 4. The van der Waals surface area contributed by atoms with Gasteiger partial charge in [-0.15, -0.1) is 11.3 Å². The third kappa shape index (κ3) is 3.72. The van der Waals surface area contributed by atoms with E-state index in [-0.39, 0.29) is 22.0 Å². The minimum absolute atomic E-state index is 0.104. The first-order valence-corrected chi connectivity index (χ1v) is 10.9. The Morgan fingerprint density at radius 2 is 2.15 bits per heavy atom. The first kappa shape index (κ1) is 19.9. The van der Waals surface area contributed by atoms with Gasteiger partial charge in [-0.25, -0.2) is 0 Å². The number of thiophene rings is 1. The van der Waals surface area contributed by atoms with E-state index in [1.165, 1.54) is 18.2 Å². The summed E-state index contributed by atoms with van der Waals surface area (Å²) in [5, 5.41) is 3.13. The summed E-state index contributed by atoms with van der Waals surface area (Å²) in [7, 11) is -5.67. The molecule has 1 aliphatic rings. The molecule has 0 saturated carbocycles. The van der Waals surface area contributed by atoms with Crippen molar-refractivity contribution in [1.82, 2.24) is 5.32 Å². The van der Waals surface area contributed by atoms with Crippen LogP contribution in [0.25, 0.3) is 10.1 Å². The molecule has 11 heteroatoms. The molecule has 1 aromatic carbocycles. The molecule has 3 rings (SSSR count). The van der Waals surface area contributed by atoms with Crippen molar-refractivity contribution in [3.63, 3.8) is 0 Å². The molecule has 0 aliphatic carbocycles. The molecule has 2 heterocycles. The Labute approximate surface area is 159 Å². The van der Waals surface area contributed by atoms with Crippen LogP contribution in [0.4, 0.5) is 8.78 Å². The average molecular weight is 470 g/mol. The summed E-state index contributed by atoms with van der Waals surface area (Å²) in [6.45, 7) is 1.09. The van der Waals surface area contributed by atoms with E-state index >= 15 is 0 Å². The van der Waals surface area contributed by atoms with Gasteiger partial charge in [0.25, 0.3) is 5.91 Å². The molecule has 1 aromatic heterocycles. The van der Waals surface area contributed by atoms with Crippen molar-refractivity contribution < 1.29 is 32.7 Å². The van der Waals surface area contributed by atoms with Gasteiger partial charge in [0.05, 0.1) is 12.6 Å². The number of carbonyl (C=O) groups is 1. The lowest BCUT2D eigenvalue weighted by molar-refractivity contribution is 0.0595. The van der Waals surface area contributed by atoms with Crippen LogP contribution in [0.5, 0.6) is 0 Å². The normalized spacial score (nSPS) is 18.9. The highest BCUT2D eigenvalue weighted by Crippen LogP contribution is 2.62. The van der Waals surface area contributed by atoms with Gasteiger partial charge in [0, 0.05) is 26.7 Å². The van der Waals surface area contributed by atoms with E-state index in [1.54, 1.807) is 0 Å². The quantitative estimate of drug-likeness (QED) is 0.591. The lowest BCUT2D eigenvalue weighted by Gasteiger charge is -2.23. The van der Waals surface area contributed by atoms with Crippen LogP contribution in [0.2, 0.25) is 0 Å². The number of alkyl halides is 2. The summed E-state index contributed by atoms with van der Waals surface area (Å²) in [6.07, 6.45) is 1.65. The van der Waals surface area contributed by atoms with E-state index < -0.39 is 18.1 Å². The van der Waals surface area contributed by atoms with Gasteiger partial charge in [-0.2, -0.15) is 8.78 Å². The number of ether oxygens (including phenoxy) is 1. The minimum Gasteiger partial charge on any atom is -0.379 e. The predicted molar refractivity (Wildman–Crippen MR) is 96.8 cm³/mol. The molecule has 3 N–H and O–H groups in total. The van der Waals surface area contributed by atoms with Gasteiger partial charge in [-0.05, 0) is 47.0 Å². The molecule has 0 bridgehead atoms. The Hall–Kier alpha value is -0.900. The summed E-state index contributed by atoms with van der Waals surface area (Å²) in [5.74, 6) is -0.358. The van der Waals surface area contributed by atoms with Crippen LogP contribution in [0.3, 0.4) is 0 Å². The van der Waals surface area contributed by atoms with Crippen molar-refractivity contribution in [1.29, 1.82) is 0 Å². The molecule has 142 valence electrons. The van der Waals surface area contributed by atoms with Gasteiger partial charge in [0.2, 0.25) is 0 Å². The Kier molecular flexibility index (Phi) is 5.54. The number of halogens is 3. The molecule has 0 radical (unpaired) electrons. The van der Waals surface area contributed by atoms with E-state index in [1.807, 2.05) is 0 Å². The fraction of sp³-hybridized carbons (Fsp3) is 0.400. The SMILES string of the molecule is O=C(NC1CCCOC1)c1ccc2sc(C(F)(F)P(=O)(O)O)c(Br)c2c1. The van der Waals surface area contributed by atoms with Gasteiger partial charge in [-0.3, -0.25) is 9.36 Å². The van der Waals surface area contributed by atoms with Crippen molar-refractivity contribution in [3.05, 3.63) is 33.1 Å². The van der Waals surface area contributed by atoms with E-state index in [0.29, 0.717) is 34.6 Å².